The third kappa shape index (κ3) is 4.00. The van der Waals surface area contributed by atoms with E-state index in [4.69, 9.17) is 11.6 Å². The summed E-state index contributed by atoms with van der Waals surface area (Å²) in [6, 6.07) is 8.91. The average molecular weight is 258 g/mol. The minimum atomic E-state index is 0.311. The Morgan fingerprint density at radius 3 is 2.62 bits per heavy atom. The molecule has 1 aromatic carbocycles. The lowest BCUT2D eigenvalue weighted by Crippen LogP contribution is -2.33. The van der Waals surface area contributed by atoms with Crippen molar-refractivity contribution in [3.8, 4) is 0 Å². The third-order valence-corrected chi connectivity index (χ3v) is 3.80. The minimum absolute atomic E-state index is 0.311. The normalized spacial score (nSPS) is 14.8. The number of nitrogens with one attached hydrogen (secondary N) is 1. The molecule has 16 heavy (non-hydrogen) atoms. The molecule has 0 fully saturated rings. The van der Waals surface area contributed by atoms with Gasteiger partial charge in [-0.05, 0) is 31.2 Å². The summed E-state index contributed by atoms with van der Waals surface area (Å²) >= 11 is 8.06. The standard InChI is InChI=1S/C13H20ClNS/c1-4-11(9-16-3)15-10(2)12-7-5-6-8-13(12)14/h5-8,10-11,15H,4,9H2,1-3H3. The van der Waals surface area contributed by atoms with Crippen LogP contribution in [0.4, 0.5) is 0 Å². The first-order valence-corrected chi connectivity index (χ1v) is 7.45. The van der Waals surface area contributed by atoms with Crippen molar-refractivity contribution >= 4 is 23.4 Å². The van der Waals surface area contributed by atoms with Crippen molar-refractivity contribution in [2.24, 2.45) is 0 Å². The maximum absolute atomic E-state index is 6.18. The average Bonchev–Trinajstić information content (AvgIpc) is 2.28. The molecule has 0 bridgehead atoms. The van der Waals surface area contributed by atoms with Crippen LogP contribution in [0.2, 0.25) is 5.02 Å². The summed E-state index contributed by atoms with van der Waals surface area (Å²) in [6.45, 7) is 4.39. The minimum Gasteiger partial charge on any atom is -0.307 e. The van der Waals surface area contributed by atoms with Gasteiger partial charge in [0, 0.05) is 22.9 Å². The molecular weight excluding hydrogens is 238 g/mol. The molecule has 3 heteroatoms. The highest BCUT2D eigenvalue weighted by Crippen LogP contribution is 2.23. The number of rotatable bonds is 6. The van der Waals surface area contributed by atoms with Gasteiger partial charge in [0.2, 0.25) is 0 Å². The van der Waals surface area contributed by atoms with Crippen molar-refractivity contribution in [1.29, 1.82) is 0 Å². The molecule has 0 aliphatic rings. The van der Waals surface area contributed by atoms with Gasteiger partial charge in [-0.3, -0.25) is 0 Å². The van der Waals surface area contributed by atoms with Gasteiger partial charge in [-0.2, -0.15) is 11.8 Å². The van der Waals surface area contributed by atoms with Crippen molar-refractivity contribution in [3.63, 3.8) is 0 Å². The summed E-state index contributed by atoms with van der Waals surface area (Å²) in [5.74, 6) is 1.14. The first kappa shape index (κ1) is 13.9. The van der Waals surface area contributed by atoms with Gasteiger partial charge in [0.15, 0.2) is 0 Å². The molecule has 0 aromatic heterocycles. The Bertz CT molecular complexity index is 317. The highest BCUT2D eigenvalue weighted by Gasteiger charge is 2.13. The Balaban J connectivity index is 2.64. The predicted molar refractivity (Wildman–Crippen MR) is 75.5 cm³/mol. The summed E-state index contributed by atoms with van der Waals surface area (Å²) in [4.78, 5) is 0. The van der Waals surface area contributed by atoms with Crippen LogP contribution in [0.5, 0.6) is 0 Å². The third-order valence-electron chi connectivity index (χ3n) is 2.72. The molecule has 0 aliphatic heterocycles. The van der Waals surface area contributed by atoms with Gasteiger partial charge in [-0.25, -0.2) is 0 Å². The van der Waals surface area contributed by atoms with Crippen LogP contribution in [0, 0.1) is 0 Å². The second-order valence-electron chi connectivity index (χ2n) is 3.97. The van der Waals surface area contributed by atoms with Crippen LogP contribution >= 0.6 is 23.4 Å². The highest BCUT2D eigenvalue weighted by atomic mass is 35.5. The Morgan fingerprint density at radius 1 is 1.38 bits per heavy atom. The number of thioether (sulfide) groups is 1. The molecular formula is C13H20ClNS. The van der Waals surface area contributed by atoms with Crippen molar-refractivity contribution in [2.45, 2.75) is 32.4 Å². The number of halogens is 1. The number of hydrogen-bond donors (Lipinski definition) is 1. The molecule has 0 aliphatic carbocycles. The van der Waals surface area contributed by atoms with E-state index in [2.05, 4.69) is 31.5 Å². The van der Waals surface area contributed by atoms with Crippen molar-refractivity contribution in [3.05, 3.63) is 34.9 Å². The molecule has 1 N–H and O–H groups in total. The molecule has 0 heterocycles. The monoisotopic (exact) mass is 257 g/mol. The maximum Gasteiger partial charge on any atom is 0.0453 e. The Labute approximate surface area is 108 Å². The summed E-state index contributed by atoms with van der Waals surface area (Å²) in [6.07, 6.45) is 3.29. The Morgan fingerprint density at radius 2 is 2.06 bits per heavy atom. The fourth-order valence-electron chi connectivity index (χ4n) is 1.75. The topological polar surface area (TPSA) is 12.0 Å². The van der Waals surface area contributed by atoms with Crippen LogP contribution in [0.25, 0.3) is 0 Å². The van der Waals surface area contributed by atoms with Crippen LogP contribution in [-0.2, 0) is 0 Å². The van der Waals surface area contributed by atoms with Crippen molar-refractivity contribution in [2.75, 3.05) is 12.0 Å². The zero-order valence-corrected chi connectivity index (χ0v) is 11.7. The molecule has 1 aromatic rings. The lowest BCUT2D eigenvalue weighted by molar-refractivity contribution is 0.475. The van der Waals surface area contributed by atoms with Gasteiger partial charge in [0.1, 0.15) is 0 Å². The van der Waals surface area contributed by atoms with Gasteiger partial charge < -0.3 is 5.32 Å². The Kier molecular flexibility index (Phi) is 6.25. The van der Waals surface area contributed by atoms with E-state index in [0.29, 0.717) is 12.1 Å². The van der Waals surface area contributed by atoms with Crippen molar-refractivity contribution in [1.82, 2.24) is 5.32 Å². The van der Waals surface area contributed by atoms with Crippen LogP contribution in [0.1, 0.15) is 31.9 Å². The first-order valence-electron chi connectivity index (χ1n) is 5.68. The molecule has 0 amide bonds. The SMILES string of the molecule is CCC(CSC)NC(C)c1ccccc1Cl. The van der Waals surface area contributed by atoms with Crippen LogP contribution in [0.15, 0.2) is 24.3 Å². The van der Waals surface area contributed by atoms with E-state index in [9.17, 15) is 0 Å². The quantitative estimate of drug-likeness (QED) is 0.822. The molecule has 0 saturated carbocycles. The van der Waals surface area contributed by atoms with Gasteiger partial charge in [-0.1, -0.05) is 36.7 Å². The van der Waals surface area contributed by atoms with Gasteiger partial charge in [0.25, 0.3) is 0 Å². The predicted octanol–water partition coefficient (Wildman–Crippen LogP) is 4.13. The van der Waals surface area contributed by atoms with E-state index in [1.807, 2.05) is 30.0 Å². The molecule has 2 atom stereocenters. The van der Waals surface area contributed by atoms with Gasteiger partial charge in [0.05, 0.1) is 0 Å². The molecule has 0 spiro atoms. The van der Waals surface area contributed by atoms with Crippen molar-refractivity contribution < 1.29 is 0 Å². The lowest BCUT2D eigenvalue weighted by Gasteiger charge is -2.22. The van der Waals surface area contributed by atoms with E-state index in [-0.39, 0.29) is 0 Å². The highest BCUT2D eigenvalue weighted by molar-refractivity contribution is 7.98. The zero-order chi connectivity index (χ0) is 12.0. The largest absolute Gasteiger partial charge is 0.307 e. The molecule has 1 nitrogen and oxygen atoms in total. The lowest BCUT2D eigenvalue weighted by atomic mass is 10.1. The fourth-order valence-corrected chi connectivity index (χ4v) is 2.79. The maximum atomic E-state index is 6.18. The van der Waals surface area contributed by atoms with Crippen LogP contribution in [-0.4, -0.2) is 18.1 Å². The van der Waals surface area contributed by atoms with Crippen LogP contribution < -0.4 is 5.32 Å². The summed E-state index contributed by atoms with van der Waals surface area (Å²) in [5, 5.41) is 4.47. The summed E-state index contributed by atoms with van der Waals surface area (Å²) < 4.78 is 0. The van der Waals surface area contributed by atoms with E-state index in [0.717, 1.165) is 17.2 Å². The second-order valence-corrected chi connectivity index (χ2v) is 5.29. The second kappa shape index (κ2) is 7.21. The smallest absolute Gasteiger partial charge is 0.0453 e. The molecule has 0 saturated heterocycles. The van der Waals surface area contributed by atoms with Gasteiger partial charge in [-0.15, -0.1) is 0 Å². The first-order chi connectivity index (χ1) is 7.69. The summed E-state index contributed by atoms with van der Waals surface area (Å²) in [7, 11) is 0. The Hall–Kier alpha value is -0.180. The fraction of sp³-hybridized carbons (Fsp3) is 0.538. The van der Waals surface area contributed by atoms with Crippen LogP contribution in [0.3, 0.4) is 0 Å². The van der Waals surface area contributed by atoms with E-state index >= 15 is 0 Å². The van der Waals surface area contributed by atoms with E-state index in [1.165, 1.54) is 5.56 Å². The molecule has 90 valence electrons. The van der Waals surface area contributed by atoms with Gasteiger partial charge >= 0.3 is 0 Å². The number of hydrogen-bond acceptors (Lipinski definition) is 2. The molecule has 1 rings (SSSR count). The molecule has 2 unspecified atom stereocenters. The van der Waals surface area contributed by atoms with E-state index < -0.39 is 0 Å². The zero-order valence-electron chi connectivity index (χ0n) is 10.2. The number of benzene rings is 1. The van der Waals surface area contributed by atoms with E-state index in [1.54, 1.807) is 0 Å². The summed E-state index contributed by atoms with van der Waals surface area (Å²) in [5.41, 5.74) is 1.18. The molecule has 0 radical (unpaired) electrons.